The second-order valence-corrected chi connectivity index (χ2v) is 1.22. The monoisotopic (exact) mass is 115 g/mol. The Morgan fingerprint density at radius 1 is 2.00 bits per heavy atom. The van der Waals surface area contributed by atoms with Crippen molar-refractivity contribution in [2.24, 2.45) is 4.99 Å². The van der Waals surface area contributed by atoms with Crippen molar-refractivity contribution < 1.29 is 9.66 Å². The molecule has 8 heavy (non-hydrogen) atoms. The van der Waals surface area contributed by atoms with E-state index < -0.39 is 11.2 Å². The molecule has 0 bridgehead atoms. The van der Waals surface area contributed by atoms with E-state index in [4.69, 9.17) is 0 Å². The summed E-state index contributed by atoms with van der Waals surface area (Å²) in [6.45, 7) is 0.0612. The molecule has 0 aliphatic carbocycles. The van der Waals surface area contributed by atoms with Crippen LogP contribution in [-0.4, -0.2) is 24.1 Å². The fraction of sp³-hybridized carbons (Fsp3) is 0.667. The first-order chi connectivity index (χ1) is 3.80. The zero-order chi connectivity index (χ0) is 5.98. The summed E-state index contributed by atoms with van der Waals surface area (Å²) < 4.78 is 4.44. The van der Waals surface area contributed by atoms with E-state index >= 15 is 0 Å². The van der Waals surface area contributed by atoms with Crippen LogP contribution in [0.5, 0.6) is 0 Å². The largest absolute Gasteiger partial charge is 0.362 e. The van der Waals surface area contributed by atoms with Crippen molar-refractivity contribution in [2.45, 2.75) is 6.23 Å². The van der Waals surface area contributed by atoms with Crippen LogP contribution in [-0.2, 0) is 4.74 Å². The van der Waals surface area contributed by atoms with E-state index in [1.807, 2.05) is 0 Å². The van der Waals surface area contributed by atoms with Gasteiger partial charge in [0.2, 0.25) is 0 Å². The number of ether oxygens (including phenoxy) is 1. The molecule has 5 nitrogen and oxygen atoms in total. The van der Waals surface area contributed by atoms with Crippen molar-refractivity contribution in [2.75, 3.05) is 6.73 Å². The highest BCUT2D eigenvalue weighted by atomic mass is 16.7. The van der Waals surface area contributed by atoms with Gasteiger partial charge in [-0.05, 0) is 0 Å². The van der Waals surface area contributed by atoms with Crippen molar-refractivity contribution >= 4 is 6.21 Å². The molecule has 0 N–H and O–H groups in total. The van der Waals surface area contributed by atoms with Crippen molar-refractivity contribution in [3.05, 3.63) is 10.1 Å². The Morgan fingerprint density at radius 3 is 3.00 bits per heavy atom. The van der Waals surface area contributed by atoms with Crippen LogP contribution >= 0.6 is 0 Å². The van der Waals surface area contributed by atoms with Gasteiger partial charge in [-0.2, -0.15) is 0 Å². The highest BCUT2D eigenvalue weighted by Gasteiger charge is 2.21. The first-order valence-electron chi connectivity index (χ1n) is 1.98. The molecule has 43 valence electrons. The zero-order valence-electron chi connectivity index (χ0n) is 3.90. The Hall–Kier alpha value is -0.970. The second-order valence-electron chi connectivity index (χ2n) is 1.22. The second kappa shape index (κ2) is 1.87. The number of nitrogens with zero attached hydrogens (tertiary/aromatic N) is 2. The Bertz CT molecular complexity index is 132. The summed E-state index contributed by atoms with van der Waals surface area (Å²) in [6, 6.07) is 0. The molecule has 1 aliphatic heterocycles. The molecule has 1 rings (SSSR count). The minimum absolute atomic E-state index is 0.0612. The molecule has 0 saturated heterocycles. The van der Waals surface area contributed by atoms with E-state index in [0.717, 1.165) is 0 Å². The predicted molar refractivity (Wildman–Crippen MR) is 24.2 cm³/mol. The average Bonchev–Trinajstić information content (AvgIpc) is 2.12. The van der Waals surface area contributed by atoms with Crippen LogP contribution in [0.25, 0.3) is 0 Å². The molecule has 1 unspecified atom stereocenters. The lowest BCUT2D eigenvalue weighted by atomic mass is 10.7. The van der Waals surface area contributed by atoms with Crippen molar-refractivity contribution in [3.8, 4) is 0 Å². The summed E-state index contributed by atoms with van der Waals surface area (Å²) >= 11 is 0. The van der Waals surface area contributed by atoms with E-state index in [1.54, 1.807) is 0 Å². The summed E-state index contributed by atoms with van der Waals surface area (Å²) in [7, 11) is 0. The van der Waals surface area contributed by atoms with Gasteiger partial charge in [0.25, 0.3) is 0 Å². The maximum absolute atomic E-state index is 9.76. The number of hydrogen-bond acceptors (Lipinski definition) is 4. The van der Waals surface area contributed by atoms with Gasteiger partial charge < -0.3 is 0 Å². The van der Waals surface area contributed by atoms with Gasteiger partial charge in [0.1, 0.15) is 6.73 Å². The highest BCUT2D eigenvalue weighted by Crippen LogP contribution is 1.96. The van der Waals surface area contributed by atoms with E-state index in [1.165, 1.54) is 0 Å². The Balaban J connectivity index is 2.48. The lowest BCUT2D eigenvalue weighted by Gasteiger charge is -1.92. The number of rotatable bonds is 1. The van der Waals surface area contributed by atoms with Crippen LogP contribution in [0.1, 0.15) is 0 Å². The van der Waals surface area contributed by atoms with Gasteiger partial charge in [0, 0.05) is 0 Å². The summed E-state index contributed by atoms with van der Waals surface area (Å²) in [5.41, 5.74) is 0. The van der Waals surface area contributed by atoms with Crippen LogP contribution < -0.4 is 0 Å². The van der Waals surface area contributed by atoms with Crippen LogP contribution in [0.4, 0.5) is 0 Å². The van der Waals surface area contributed by atoms with Gasteiger partial charge in [-0.15, -0.1) is 0 Å². The Kier molecular flexibility index (Phi) is 1.21. The molecule has 1 aliphatic rings. The Morgan fingerprint density at radius 2 is 2.75 bits per heavy atom. The zero-order valence-corrected chi connectivity index (χ0v) is 3.90. The molecule has 0 saturated carbocycles. The number of nitro groups is 1. The average molecular weight is 115 g/mol. The van der Waals surface area contributed by atoms with Gasteiger partial charge in [-0.25, -0.2) is 4.99 Å². The molecule has 1 atom stereocenters. The van der Waals surface area contributed by atoms with E-state index in [9.17, 15) is 10.1 Å². The normalized spacial score (nSPS) is 26.2. The summed E-state index contributed by atoms with van der Waals surface area (Å²) in [5.74, 6) is 0. The van der Waals surface area contributed by atoms with Crippen LogP contribution in [0.15, 0.2) is 4.99 Å². The van der Waals surface area contributed by atoms with Crippen molar-refractivity contribution in [1.29, 1.82) is 0 Å². The Labute approximate surface area is 45.1 Å². The SMILES string of the molecule is O=[N+]([O-])C1[C]=NCO1. The van der Waals surface area contributed by atoms with Gasteiger partial charge >= 0.3 is 6.23 Å². The topological polar surface area (TPSA) is 64.7 Å². The standard InChI is InChI=1S/C3H3N2O3/c6-5(7)3-1-4-2-8-3/h3H,2H2. The lowest BCUT2D eigenvalue weighted by molar-refractivity contribution is -0.548. The number of hydrogen-bond donors (Lipinski definition) is 0. The van der Waals surface area contributed by atoms with Crippen LogP contribution in [0, 0.1) is 10.1 Å². The molecule has 1 radical (unpaired) electrons. The highest BCUT2D eigenvalue weighted by molar-refractivity contribution is 5.62. The third-order valence-electron chi connectivity index (χ3n) is 0.690. The lowest BCUT2D eigenvalue weighted by Crippen LogP contribution is -2.19. The van der Waals surface area contributed by atoms with Gasteiger partial charge in [-0.1, -0.05) is 0 Å². The molecule has 5 heteroatoms. The summed E-state index contributed by atoms with van der Waals surface area (Å²) in [6.07, 6.45) is 1.03. The fourth-order valence-corrected chi connectivity index (χ4v) is 0.368. The van der Waals surface area contributed by atoms with E-state index in [0.29, 0.717) is 0 Å². The van der Waals surface area contributed by atoms with Crippen molar-refractivity contribution in [1.82, 2.24) is 0 Å². The smallest absolute Gasteiger partial charge is 0.289 e. The molecule has 1 heterocycles. The predicted octanol–water partition coefficient (Wildman–Crippen LogP) is -0.475. The minimum Gasteiger partial charge on any atom is -0.289 e. The molecule has 0 spiro atoms. The number of aliphatic imine (C=N–C) groups is 1. The first-order valence-corrected chi connectivity index (χ1v) is 1.98. The van der Waals surface area contributed by atoms with Gasteiger partial charge in [0.05, 0.1) is 4.92 Å². The maximum Gasteiger partial charge on any atom is 0.362 e. The maximum atomic E-state index is 9.76. The quantitative estimate of drug-likeness (QED) is 0.342. The first kappa shape index (κ1) is 5.17. The molecular weight excluding hydrogens is 112 g/mol. The minimum atomic E-state index is -1.13. The van der Waals surface area contributed by atoms with E-state index in [2.05, 4.69) is 15.9 Å². The fourth-order valence-electron chi connectivity index (χ4n) is 0.368. The third kappa shape index (κ3) is 0.812. The van der Waals surface area contributed by atoms with Crippen molar-refractivity contribution in [3.63, 3.8) is 0 Å². The third-order valence-corrected chi connectivity index (χ3v) is 0.690. The summed E-state index contributed by atoms with van der Waals surface area (Å²) in [5, 5.41) is 9.76. The van der Waals surface area contributed by atoms with E-state index in [-0.39, 0.29) is 6.73 Å². The molecule has 0 fully saturated rings. The molecular formula is C3H3N2O3. The van der Waals surface area contributed by atoms with Gasteiger partial charge in [0.15, 0.2) is 6.21 Å². The molecule has 0 aromatic rings. The molecule has 0 aromatic heterocycles. The summed E-state index contributed by atoms with van der Waals surface area (Å²) in [4.78, 5) is 12.5. The molecule has 0 amide bonds. The molecule has 0 aromatic carbocycles. The van der Waals surface area contributed by atoms with Crippen LogP contribution in [0.3, 0.4) is 0 Å². The van der Waals surface area contributed by atoms with Crippen LogP contribution in [0.2, 0.25) is 0 Å². The van der Waals surface area contributed by atoms with Gasteiger partial charge in [-0.3, -0.25) is 14.9 Å².